The van der Waals surface area contributed by atoms with Gasteiger partial charge in [0.05, 0.1) is 0 Å². The van der Waals surface area contributed by atoms with Gasteiger partial charge in [-0.15, -0.1) is 0 Å². The first-order valence-electron chi connectivity index (χ1n) is 7.02. The van der Waals surface area contributed by atoms with Crippen molar-refractivity contribution in [1.82, 2.24) is 4.90 Å². The summed E-state index contributed by atoms with van der Waals surface area (Å²) in [5, 5.41) is 0. The molecule has 0 spiro atoms. The smallest absolute Gasteiger partial charge is 0.0370 e. The molecule has 1 aliphatic heterocycles. The first-order valence-corrected chi connectivity index (χ1v) is 7.02. The Hall–Kier alpha value is -1.06. The molecule has 1 heterocycles. The Balaban J connectivity index is 1.96. The van der Waals surface area contributed by atoms with E-state index in [1.807, 2.05) is 0 Å². The third-order valence-corrected chi connectivity index (χ3v) is 4.04. The summed E-state index contributed by atoms with van der Waals surface area (Å²) >= 11 is 0. The lowest BCUT2D eigenvalue weighted by molar-refractivity contribution is 0.193. The molecule has 1 aromatic rings. The van der Waals surface area contributed by atoms with Crippen molar-refractivity contribution in [2.24, 2.45) is 5.73 Å². The van der Waals surface area contributed by atoms with Gasteiger partial charge >= 0.3 is 0 Å². The van der Waals surface area contributed by atoms with Crippen molar-refractivity contribution in [3.05, 3.63) is 29.8 Å². The third-order valence-electron chi connectivity index (χ3n) is 4.04. The van der Waals surface area contributed by atoms with Crippen LogP contribution in [-0.4, -0.2) is 37.1 Å². The van der Waals surface area contributed by atoms with Gasteiger partial charge in [-0.1, -0.05) is 19.1 Å². The molecular weight excluding hydrogens is 222 g/mol. The van der Waals surface area contributed by atoms with Gasteiger partial charge in [0, 0.05) is 44.5 Å². The summed E-state index contributed by atoms with van der Waals surface area (Å²) in [5.41, 5.74) is 8.24. The Morgan fingerprint density at radius 1 is 1.22 bits per heavy atom. The number of hydrogen-bond donors (Lipinski definition) is 1. The van der Waals surface area contributed by atoms with Gasteiger partial charge in [-0.25, -0.2) is 0 Å². The Kier molecular flexibility index (Phi) is 4.61. The van der Waals surface area contributed by atoms with Crippen LogP contribution >= 0.6 is 0 Å². The summed E-state index contributed by atoms with van der Waals surface area (Å²) in [5.74, 6) is 0. The lowest BCUT2D eigenvalue weighted by Gasteiger charge is -2.39. The molecule has 1 fully saturated rings. The van der Waals surface area contributed by atoms with E-state index < -0.39 is 0 Å². The fraction of sp³-hybridized carbons (Fsp3) is 0.600. The minimum Gasteiger partial charge on any atom is -0.369 e. The van der Waals surface area contributed by atoms with Gasteiger partial charge in [0.1, 0.15) is 0 Å². The highest BCUT2D eigenvalue weighted by atomic mass is 15.3. The first-order chi connectivity index (χ1) is 8.74. The average molecular weight is 247 g/mol. The van der Waals surface area contributed by atoms with Gasteiger partial charge in [0.15, 0.2) is 0 Å². The number of anilines is 1. The van der Waals surface area contributed by atoms with Gasteiger partial charge in [0.2, 0.25) is 0 Å². The number of rotatable bonds is 4. The van der Waals surface area contributed by atoms with E-state index in [0.29, 0.717) is 12.6 Å². The normalized spacial score (nSPS) is 18.9. The van der Waals surface area contributed by atoms with Gasteiger partial charge in [-0.05, 0) is 31.0 Å². The standard InChI is InChI=1S/C15H25N3/c1-3-13(2)17-7-9-18(10-8-17)15-6-4-5-14(11-15)12-16/h4-6,11,13H,3,7-10,12,16H2,1-2H3. The molecule has 3 heteroatoms. The average Bonchev–Trinajstić information content (AvgIpc) is 2.46. The van der Waals surface area contributed by atoms with E-state index in [-0.39, 0.29) is 0 Å². The van der Waals surface area contributed by atoms with Crippen LogP contribution in [0.5, 0.6) is 0 Å². The Morgan fingerprint density at radius 2 is 1.94 bits per heavy atom. The van der Waals surface area contributed by atoms with Crippen LogP contribution < -0.4 is 10.6 Å². The Morgan fingerprint density at radius 3 is 2.56 bits per heavy atom. The lowest BCUT2D eigenvalue weighted by atomic mass is 10.1. The molecule has 2 rings (SSSR count). The van der Waals surface area contributed by atoms with E-state index in [2.05, 4.69) is 47.9 Å². The predicted molar refractivity (Wildman–Crippen MR) is 77.9 cm³/mol. The van der Waals surface area contributed by atoms with Crippen LogP contribution in [0.4, 0.5) is 5.69 Å². The quantitative estimate of drug-likeness (QED) is 0.884. The van der Waals surface area contributed by atoms with Gasteiger partial charge in [-0.3, -0.25) is 4.90 Å². The van der Waals surface area contributed by atoms with Crippen molar-refractivity contribution >= 4 is 5.69 Å². The second kappa shape index (κ2) is 6.21. The molecule has 1 aliphatic rings. The summed E-state index contributed by atoms with van der Waals surface area (Å²) in [7, 11) is 0. The van der Waals surface area contributed by atoms with Crippen molar-refractivity contribution in [3.63, 3.8) is 0 Å². The number of benzene rings is 1. The predicted octanol–water partition coefficient (Wildman–Crippen LogP) is 2.07. The lowest BCUT2D eigenvalue weighted by Crippen LogP contribution is -2.49. The van der Waals surface area contributed by atoms with E-state index >= 15 is 0 Å². The van der Waals surface area contributed by atoms with Crippen LogP contribution in [0.15, 0.2) is 24.3 Å². The van der Waals surface area contributed by atoms with E-state index in [1.165, 1.54) is 30.8 Å². The van der Waals surface area contributed by atoms with Crippen molar-refractivity contribution in [3.8, 4) is 0 Å². The molecule has 1 atom stereocenters. The van der Waals surface area contributed by atoms with Crippen LogP contribution in [0.25, 0.3) is 0 Å². The number of nitrogens with zero attached hydrogens (tertiary/aromatic N) is 2. The van der Waals surface area contributed by atoms with Crippen molar-refractivity contribution < 1.29 is 0 Å². The zero-order valence-corrected chi connectivity index (χ0v) is 11.6. The molecule has 0 saturated carbocycles. The highest BCUT2D eigenvalue weighted by molar-refractivity contribution is 5.49. The minimum atomic E-state index is 0.626. The number of nitrogens with two attached hydrogens (primary N) is 1. The topological polar surface area (TPSA) is 32.5 Å². The highest BCUT2D eigenvalue weighted by Crippen LogP contribution is 2.19. The second-order valence-corrected chi connectivity index (χ2v) is 5.15. The summed E-state index contributed by atoms with van der Waals surface area (Å²) in [6.45, 7) is 9.80. The first kappa shape index (κ1) is 13.4. The Labute approximate surface area is 111 Å². The molecule has 0 amide bonds. The molecule has 18 heavy (non-hydrogen) atoms. The molecule has 0 aromatic heterocycles. The van der Waals surface area contributed by atoms with Gasteiger partial charge in [-0.2, -0.15) is 0 Å². The van der Waals surface area contributed by atoms with E-state index in [9.17, 15) is 0 Å². The summed E-state index contributed by atoms with van der Waals surface area (Å²) in [6, 6.07) is 9.33. The Bertz CT molecular complexity index is 370. The van der Waals surface area contributed by atoms with Gasteiger partial charge in [0.25, 0.3) is 0 Å². The summed E-state index contributed by atoms with van der Waals surface area (Å²) in [4.78, 5) is 5.06. The largest absolute Gasteiger partial charge is 0.369 e. The fourth-order valence-corrected chi connectivity index (χ4v) is 2.56. The molecule has 2 N–H and O–H groups in total. The van der Waals surface area contributed by atoms with Gasteiger partial charge < -0.3 is 10.6 Å². The SMILES string of the molecule is CCC(C)N1CCN(c2cccc(CN)c2)CC1. The van der Waals surface area contributed by atoms with Crippen LogP contribution in [-0.2, 0) is 6.54 Å². The van der Waals surface area contributed by atoms with Crippen molar-refractivity contribution in [2.75, 3.05) is 31.1 Å². The van der Waals surface area contributed by atoms with Crippen LogP contribution in [0.1, 0.15) is 25.8 Å². The highest BCUT2D eigenvalue weighted by Gasteiger charge is 2.20. The number of piperazine rings is 1. The maximum atomic E-state index is 5.70. The molecule has 0 aliphatic carbocycles. The van der Waals surface area contributed by atoms with E-state index in [1.54, 1.807) is 0 Å². The zero-order chi connectivity index (χ0) is 13.0. The molecule has 0 radical (unpaired) electrons. The molecule has 1 unspecified atom stereocenters. The summed E-state index contributed by atoms with van der Waals surface area (Å²) in [6.07, 6.45) is 1.24. The monoisotopic (exact) mass is 247 g/mol. The molecule has 100 valence electrons. The van der Waals surface area contributed by atoms with Crippen LogP contribution in [0, 0.1) is 0 Å². The van der Waals surface area contributed by atoms with Crippen molar-refractivity contribution in [2.45, 2.75) is 32.9 Å². The van der Waals surface area contributed by atoms with E-state index in [0.717, 1.165) is 13.1 Å². The molecule has 0 bridgehead atoms. The van der Waals surface area contributed by atoms with Crippen LogP contribution in [0.3, 0.4) is 0 Å². The summed E-state index contributed by atoms with van der Waals surface area (Å²) < 4.78 is 0. The fourth-order valence-electron chi connectivity index (χ4n) is 2.56. The molecule has 1 saturated heterocycles. The van der Waals surface area contributed by atoms with Crippen molar-refractivity contribution in [1.29, 1.82) is 0 Å². The maximum absolute atomic E-state index is 5.70. The molecule has 1 aromatic carbocycles. The van der Waals surface area contributed by atoms with E-state index in [4.69, 9.17) is 5.73 Å². The zero-order valence-electron chi connectivity index (χ0n) is 11.6. The van der Waals surface area contributed by atoms with Crippen LogP contribution in [0.2, 0.25) is 0 Å². The minimum absolute atomic E-state index is 0.626. The maximum Gasteiger partial charge on any atom is 0.0370 e. The molecular formula is C15H25N3. The number of hydrogen-bond acceptors (Lipinski definition) is 3. The third kappa shape index (κ3) is 3.03. The molecule has 3 nitrogen and oxygen atoms in total. The second-order valence-electron chi connectivity index (χ2n) is 5.15.